The lowest BCUT2D eigenvalue weighted by atomic mass is 10.1. The van der Waals surface area contributed by atoms with Gasteiger partial charge in [-0.2, -0.15) is 4.31 Å². The molecule has 1 aliphatic heterocycles. The van der Waals surface area contributed by atoms with E-state index in [1.165, 1.54) is 10.4 Å². The summed E-state index contributed by atoms with van der Waals surface area (Å²) in [6.07, 6.45) is 1.73. The van der Waals surface area contributed by atoms with E-state index in [-0.39, 0.29) is 10.8 Å². The maximum atomic E-state index is 12.8. The predicted molar refractivity (Wildman–Crippen MR) is 108 cm³/mol. The fourth-order valence-corrected chi connectivity index (χ4v) is 5.25. The van der Waals surface area contributed by atoms with Crippen LogP contribution < -0.4 is 5.32 Å². The predicted octanol–water partition coefficient (Wildman–Crippen LogP) is 4.30. The van der Waals surface area contributed by atoms with Gasteiger partial charge in [0.05, 0.1) is 15.6 Å². The van der Waals surface area contributed by atoms with Gasteiger partial charge in [0.1, 0.15) is 0 Å². The monoisotopic (exact) mass is 406 g/mol. The molecule has 0 atom stereocenters. The molecule has 2 aromatic rings. The van der Waals surface area contributed by atoms with Crippen LogP contribution >= 0.6 is 11.6 Å². The van der Waals surface area contributed by atoms with Crippen LogP contribution in [0.1, 0.15) is 39.9 Å². The van der Waals surface area contributed by atoms with E-state index in [2.05, 4.69) is 5.32 Å². The summed E-state index contributed by atoms with van der Waals surface area (Å²) in [4.78, 5) is 13.0. The number of hydrogen-bond acceptors (Lipinski definition) is 3. The molecule has 7 heteroatoms. The number of rotatable bonds is 4. The van der Waals surface area contributed by atoms with Gasteiger partial charge >= 0.3 is 0 Å². The first-order valence-corrected chi connectivity index (χ1v) is 10.7. The summed E-state index contributed by atoms with van der Waals surface area (Å²) in [6, 6.07) is 8.40. The van der Waals surface area contributed by atoms with Crippen LogP contribution in [-0.2, 0) is 10.0 Å². The topological polar surface area (TPSA) is 66.5 Å². The molecule has 0 spiro atoms. The molecule has 5 nitrogen and oxygen atoms in total. The number of sulfonamides is 1. The SMILES string of the molecule is Cc1cc(C)c(NC(=O)c2cc(S(=O)(=O)N3CCCC3)ccc2C)c(Cl)c1. The van der Waals surface area contributed by atoms with Gasteiger partial charge in [0.15, 0.2) is 0 Å². The molecule has 144 valence electrons. The highest BCUT2D eigenvalue weighted by Crippen LogP contribution is 2.29. The minimum atomic E-state index is -3.58. The molecular formula is C20H23ClN2O3S. The van der Waals surface area contributed by atoms with Gasteiger partial charge in [-0.1, -0.05) is 23.7 Å². The minimum absolute atomic E-state index is 0.145. The Morgan fingerprint density at radius 3 is 2.33 bits per heavy atom. The van der Waals surface area contributed by atoms with Crippen LogP contribution in [0.3, 0.4) is 0 Å². The Bertz CT molecular complexity index is 973. The molecule has 1 saturated heterocycles. The lowest BCUT2D eigenvalue weighted by molar-refractivity contribution is 0.102. The number of halogens is 1. The van der Waals surface area contributed by atoms with Crippen molar-refractivity contribution in [2.24, 2.45) is 0 Å². The van der Waals surface area contributed by atoms with Gasteiger partial charge in [-0.25, -0.2) is 8.42 Å². The van der Waals surface area contributed by atoms with E-state index < -0.39 is 10.0 Å². The average molecular weight is 407 g/mol. The van der Waals surface area contributed by atoms with Crippen molar-refractivity contribution in [3.05, 3.63) is 57.6 Å². The number of amides is 1. The van der Waals surface area contributed by atoms with Gasteiger partial charge in [0, 0.05) is 18.7 Å². The Hall–Kier alpha value is -1.89. The number of benzene rings is 2. The Balaban J connectivity index is 1.94. The van der Waals surface area contributed by atoms with Crippen LogP contribution in [0.4, 0.5) is 5.69 Å². The minimum Gasteiger partial charge on any atom is -0.320 e. The number of carbonyl (C=O) groups excluding carboxylic acids is 1. The Labute approximate surface area is 165 Å². The van der Waals surface area contributed by atoms with E-state index >= 15 is 0 Å². The molecule has 0 bridgehead atoms. The van der Waals surface area contributed by atoms with E-state index in [0.717, 1.165) is 24.0 Å². The first kappa shape index (κ1) is 19.9. The molecule has 1 N–H and O–H groups in total. The third-order valence-electron chi connectivity index (χ3n) is 4.83. The zero-order valence-electron chi connectivity index (χ0n) is 15.7. The van der Waals surface area contributed by atoms with E-state index in [1.54, 1.807) is 25.1 Å². The molecule has 1 aliphatic rings. The number of carbonyl (C=O) groups is 1. The zero-order valence-corrected chi connectivity index (χ0v) is 17.2. The Morgan fingerprint density at radius 1 is 1.04 bits per heavy atom. The molecular weight excluding hydrogens is 384 g/mol. The zero-order chi connectivity index (χ0) is 19.8. The Morgan fingerprint density at radius 2 is 1.70 bits per heavy atom. The van der Waals surface area contributed by atoms with E-state index in [0.29, 0.717) is 34.9 Å². The van der Waals surface area contributed by atoms with Crippen molar-refractivity contribution in [2.75, 3.05) is 18.4 Å². The second-order valence-corrected chi connectivity index (χ2v) is 9.33. The summed E-state index contributed by atoms with van der Waals surface area (Å²) in [5.41, 5.74) is 3.43. The lowest BCUT2D eigenvalue weighted by Crippen LogP contribution is -2.28. The second kappa shape index (κ2) is 7.62. The molecule has 3 rings (SSSR count). The van der Waals surface area contributed by atoms with Gasteiger partial charge < -0.3 is 5.32 Å². The third-order valence-corrected chi connectivity index (χ3v) is 7.02. The van der Waals surface area contributed by atoms with Crippen molar-refractivity contribution < 1.29 is 13.2 Å². The molecule has 1 fully saturated rings. The summed E-state index contributed by atoms with van der Waals surface area (Å²) in [6.45, 7) is 6.63. The van der Waals surface area contributed by atoms with Crippen molar-refractivity contribution in [3.63, 3.8) is 0 Å². The number of nitrogens with zero attached hydrogens (tertiary/aromatic N) is 1. The molecule has 0 radical (unpaired) electrons. The highest BCUT2D eigenvalue weighted by atomic mass is 35.5. The number of aryl methyl sites for hydroxylation is 3. The van der Waals surface area contributed by atoms with E-state index in [1.807, 2.05) is 19.9 Å². The van der Waals surface area contributed by atoms with Gasteiger partial charge in [0.2, 0.25) is 10.0 Å². The molecule has 0 aromatic heterocycles. The number of anilines is 1. The molecule has 2 aromatic carbocycles. The third kappa shape index (κ3) is 4.03. The first-order chi connectivity index (χ1) is 12.7. The van der Waals surface area contributed by atoms with E-state index in [4.69, 9.17) is 11.6 Å². The molecule has 0 saturated carbocycles. The molecule has 0 aliphatic carbocycles. The van der Waals surface area contributed by atoms with Crippen LogP contribution in [0.25, 0.3) is 0 Å². The highest BCUT2D eigenvalue weighted by molar-refractivity contribution is 7.89. The van der Waals surface area contributed by atoms with Gasteiger partial charge in [0.25, 0.3) is 5.91 Å². The molecule has 1 amide bonds. The highest BCUT2D eigenvalue weighted by Gasteiger charge is 2.28. The van der Waals surface area contributed by atoms with Crippen LogP contribution in [0, 0.1) is 20.8 Å². The summed E-state index contributed by atoms with van der Waals surface area (Å²) in [5.74, 6) is -0.375. The molecule has 0 unspecified atom stereocenters. The van der Waals surface area contributed by atoms with Crippen molar-refractivity contribution >= 4 is 33.2 Å². The van der Waals surface area contributed by atoms with Crippen molar-refractivity contribution in [2.45, 2.75) is 38.5 Å². The lowest BCUT2D eigenvalue weighted by Gasteiger charge is -2.17. The van der Waals surface area contributed by atoms with E-state index in [9.17, 15) is 13.2 Å². The fourth-order valence-electron chi connectivity index (χ4n) is 3.34. The summed E-state index contributed by atoms with van der Waals surface area (Å²) < 4.78 is 27.1. The van der Waals surface area contributed by atoms with Crippen LogP contribution in [-0.4, -0.2) is 31.7 Å². The van der Waals surface area contributed by atoms with Crippen molar-refractivity contribution in [1.29, 1.82) is 0 Å². The fraction of sp³-hybridized carbons (Fsp3) is 0.350. The maximum absolute atomic E-state index is 12.8. The first-order valence-electron chi connectivity index (χ1n) is 8.89. The van der Waals surface area contributed by atoms with Crippen LogP contribution in [0.2, 0.25) is 5.02 Å². The number of nitrogens with one attached hydrogen (secondary N) is 1. The van der Waals surface area contributed by atoms with Crippen molar-refractivity contribution in [1.82, 2.24) is 4.31 Å². The second-order valence-electron chi connectivity index (χ2n) is 6.98. The quantitative estimate of drug-likeness (QED) is 0.822. The summed E-state index contributed by atoms with van der Waals surface area (Å²) >= 11 is 6.28. The summed E-state index contributed by atoms with van der Waals surface area (Å²) in [5, 5.41) is 3.29. The van der Waals surface area contributed by atoms with Gasteiger partial charge in [-0.15, -0.1) is 0 Å². The number of hydrogen-bond donors (Lipinski definition) is 1. The normalized spacial score (nSPS) is 15.1. The van der Waals surface area contributed by atoms with Crippen LogP contribution in [0.5, 0.6) is 0 Å². The largest absolute Gasteiger partial charge is 0.320 e. The van der Waals surface area contributed by atoms with Crippen molar-refractivity contribution in [3.8, 4) is 0 Å². The maximum Gasteiger partial charge on any atom is 0.256 e. The average Bonchev–Trinajstić information content (AvgIpc) is 3.13. The van der Waals surface area contributed by atoms with Gasteiger partial charge in [-0.3, -0.25) is 4.79 Å². The molecule has 27 heavy (non-hydrogen) atoms. The smallest absolute Gasteiger partial charge is 0.256 e. The molecule has 1 heterocycles. The Kier molecular flexibility index (Phi) is 5.60. The van der Waals surface area contributed by atoms with Gasteiger partial charge in [-0.05, 0) is 68.5 Å². The van der Waals surface area contributed by atoms with Crippen LogP contribution in [0.15, 0.2) is 35.2 Å². The summed E-state index contributed by atoms with van der Waals surface area (Å²) in [7, 11) is -3.58. The standard InChI is InChI=1S/C20H23ClN2O3S/c1-13-10-15(3)19(18(21)11-13)22-20(24)17-12-16(7-6-14(17)2)27(25,26)23-8-4-5-9-23/h6-7,10-12H,4-5,8-9H2,1-3H3,(H,22,24).